The van der Waals surface area contributed by atoms with Crippen LogP contribution in [0.15, 0.2) is 53.8 Å². The highest BCUT2D eigenvalue weighted by Gasteiger charge is 2.23. The Labute approximate surface area is 218 Å². The lowest BCUT2D eigenvalue weighted by Gasteiger charge is -2.22. The number of benzene rings is 1. The van der Waals surface area contributed by atoms with E-state index in [0.29, 0.717) is 32.1 Å². The topological polar surface area (TPSA) is 84.2 Å². The Kier molecular flexibility index (Phi) is 9.54. The lowest BCUT2D eigenvalue weighted by atomic mass is 9.84. The van der Waals surface area contributed by atoms with E-state index in [2.05, 4.69) is 21.9 Å². The second-order valence-corrected chi connectivity index (χ2v) is 9.28. The molecular weight excluding hydrogens is 470 g/mol. The summed E-state index contributed by atoms with van der Waals surface area (Å²) in [5, 5.41) is 5.46. The first kappa shape index (κ1) is 26.7. The van der Waals surface area contributed by atoms with Crippen molar-refractivity contribution in [1.82, 2.24) is 9.55 Å². The van der Waals surface area contributed by atoms with Gasteiger partial charge in [0.15, 0.2) is 6.10 Å². The van der Waals surface area contributed by atoms with Crippen molar-refractivity contribution in [2.75, 3.05) is 27.4 Å². The lowest BCUT2D eigenvalue weighted by molar-refractivity contribution is -0.153. The van der Waals surface area contributed by atoms with Crippen LogP contribution in [-0.2, 0) is 32.1 Å². The molecule has 198 valence electrons. The second-order valence-electron chi connectivity index (χ2n) is 9.28. The van der Waals surface area contributed by atoms with E-state index in [9.17, 15) is 4.79 Å². The molecule has 4 rings (SSSR count). The molecule has 2 aromatic heterocycles. The molecule has 3 aromatic rings. The van der Waals surface area contributed by atoms with Crippen LogP contribution < -0.4 is 4.74 Å². The molecule has 0 saturated heterocycles. The Morgan fingerprint density at radius 3 is 2.57 bits per heavy atom. The first-order chi connectivity index (χ1) is 18.1. The Bertz CT molecular complexity index is 1180. The fourth-order valence-corrected chi connectivity index (χ4v) is 4.93. The van der Waals surface area contributed by atoms with Crippen molar-refractivity contribution >= 4 is 22.7 Å². The highest BCUT2D eigenvalue weighted by Crippen LogP contribution is 2.28. The minimum atomic E-state index is -0.603. The number of fused-ring (bicyclic) bond motifs is 1. The Morgan fingerprint density at radius 2 is 1.86 bits per heavy atom. The van der Waals surface area contributed by atoms with Gasteiger partial charge in [-0.25, -0.2) is 9.78 Å². The molecule has 2 heterocycles. The molecule has 1 aliphatic carbocycles. The smallest absolute Gasteiger partial charge is 0.335 e. The molecule has 0 N–H and O–H groups in total. The average Bonchev–Trinajstić information content (AvgIpc) is 3.34. The molecule has 0 spiro atoms. The van der Waals surface area contributed by atoms with E-state index in [0.717, 1.165) is 46.6 Å². The van der Waals surface area contributed by atoms with Gasteiger partial charge in [-0.2, -0.15) is 0 Å². The molecule has 8 nitrogen and oxygen atoms in total. The van der Waals surface area contributed by atoms with Gasteiger partial charge in [0.25, 0.3) is 0 Å². The summed E-state index contributed by atoms with van der Waals surface area (Å²) < 4.78 is 18.5. The van der Waals surface area contributed by atoms with Gasteiger partial charge in [0.1, 0.15) is 30.8 Å². The molecule has 1 aromatic carbocycles. The molecular formula is C29H37N3O5. The third-order valence-corrected chi connectivity index (χ3v) is 6.83. The van der Waals surface area contributed by atoms with Gasteiger partial charge in [-0.3, -0.25) is 0 Å². The number of rotatable bonds is 12. The number of aromatic nitrogens is 2. The molecule has 8 heteroatoms. The Morgan fingerprint density at radius 1 is 1.08 bits per heavy atom. The third-order valence-electron chi connectivity index (χ3n) is 6.83. The average molecular weight is 508 g/mol. The van der Waals surface area contributed by atoms with Gasteiger partial charge in [-0.05, 0) is 55.7 Å². The van der Waals surface area contributed by atoms with Crippen LogP contribution in [0.1, 0.15) is 50.3 Å². The zero-order valence-electron chi connectivity index (χ0n) is 22.0. The van der Waals surface area contributed by atoms with Gasteiger partial charge < -0.3 is 23.6 Å². The van der Waals surface area contributed by atoms with Crippen LogP contribution in [0.4, 0.5) is 0 Å². The number of pyridine rings is 1. The zero-order chi connectivity index (χ0) is 26.0. The SMILES string of the molecule is CCOC(Cc1ccc(OCCn2ccc3ccc(/C(=N\OC)C4CCCCC4)nc32)cc1)C(=O)OC. The van der Waals surface area contributed by atoms with Crippen LogP contribution in [0.5, 0.6) is 5.75 Å². The maximum atomic E-state index is 11.9. The molecule has 1 aliphatic rings. The molecule has 0 aliphatic heterocycles. The Balaban J connectivity index is 1.39. The van der Waals surface area contributed by atoms with Crippen LogP contribution in [0.2, 0.25) is 0 Å². The molecule has 37 heavy (non-hydrogen) atoms. The number of hydrogen-bond donors (Lipinski definition) is 0. The number of carbonyl (C=O) groups excluding carboxylic acids is 1. The largest absolute Gasteiger partial charge is 0.492 e. The summed E-state index contributed by atoms with van der Waals surface area (Å²) >= 11 is 0. The number of oxime groups is 1. The minimum Gasteiger partial charge on any atom is -0.492 e. The van der Waals surface area contributed by atoms with Crippen molar-refractivity contribution in [1.29, 1.82) is 0 Å². The van der Waals surface area contributed by atoms with E-state index in [1.54, 1.807) is 7.11 Å². The van der Waals surface area contributed by atoms with Gasteiger partial charge in [-0.15, -0.1) is 0 Å². The number of carbonyl (C=O) groups is 1. The predicted molar refractivity (Wildman–Crippen MR) is 143 cm³/mol. The van der Waals surface area contributed by atoms with E-state index >= 15 is 0 Å². The molecule has 1 fully saturated rings. The summed E-state index contributed by atoms with van der Waals surface area (Å²) in [6.45, 7) is 3.48. The molecule has 0 amide bonds. The van der Waals surface area contributed by atoms with E-state index in [1.807, 2.05) is 43.5 Å². The lowest BCUT2D eigenvalue weighted by Crippen LogP contribution is -2.28. The quantitative estimate of drug-likeness (QED) is 0.191. The Hall–Kier alpha value is -3.39. The van der Waals surface area contributed by atoms with Crippen molar-refractivity contribution in [2.45, 2.75) is 58.1 Å². The van der Waals surface area contributed by atoms with E-state index < -0.39 is 6.10 Å². The molecule has 1 atom stereocenters. The van der Waals surface area contributed by atoms with Crippen molar-refractivity contribution < 1.29 is 23.8 Å². The van der Waals surface area contributed by atoms with Gasteiger partial charge in [0.2, 0.25) is 0 Å². The first-order valence-corrected chi connectivity index (χ1v) is 13.1. The third kappa shape index (κ3) is 6.89. The highest BCUT2D eigenvalue weighted by atomic mass is 16.6. The minimum absolute atomic E-state index is 0.364. The van der Waals surface area contributed by atoms with E-state index in [4.69, 9.17) is 24.0 Å². The van der Waals surface area contributed by atoms with E-state index in [1.165, 1.54) is 26.4 Å². The van der Waals surface area contributed by atoms with Gasteiger partial charge in [0.05, 0.1) is 19.3 Å². The van der Waals surface area contributed by atoms with Crippen LogP contribution in [0.25, 0.3) is 11.0 Å². The van der Waals surface area contributed by atoms with Gasteiger partial charge in [-0.1, -0.05) is 36.6 Å². The monoisotopic (exact) mass is 507 g/mol. The summed E-state index contributed by atoms with van der Waals surface area (Å²) in [7, 11) is 2.98. The van der Waals surface area contributed by atoms with Crippen LogP contribution >= 0.6 is 0 Å². The highest BCUT2D eigenvalue weighted by molar-refractivity contribution is 6.01. The molecule has 0 bridgehead atoms. The van der Waals surface area contributed by atoms with Crippen molar-refractivity contribution in [3.8, 4) is 5.75 Å². The zero-order valence-corrected chi connectivity index (χ0v) is 22.0. The summed E-state index contributed by atoms with van der Waals surface area (Å²) in [6, 6.07) is 14.0. The predicted octanol–water partition coefficient (Wildman–Crippen LogP) is 5.17. The van der Waals surface area contributed by atoms with E-state index in [-0.39, 0.29) is 5.97 Å². The number of ether oxygens (including phenoxy) is 3. The van der Waals surface area contributed by atoms with Crippen molar-refractivity contribution in [2.24, 2.45) is 11.1 Å². The standard InChI is InChI=1S/C29H37N3O5/c1-4-36-26(29(33)34-2)20-21-10-13-24(14-11-21)37-19-18-32-17-16-23-12-15-25(30-28(23)32)27(31-35-3)22-8-6-5-7-9-22/h10-17,22,26H,4-9,18-20H2,1-3H3/b31-27-. The van der Waals surface area contributed by atoms with Crippen LogP contribution in [-0.4, -0.2) is 54.8 Å². The van der Waals surface area contributed by atoms with Gasteiger partial charge >= 0.3 is 5.97 Å². The van der Waals surface area contributed by atoms with Crippen molar-refractivity contribution in [3.05, 3.63) is 59.9 Å². The maximum Gasteiger partial charge on any atom is 0.335 e. The fraction of sp³-hybridized carbons (Fsp3) is 0.483. The number of methoxy groups -OCH3 is 1. The van der Waals surface area contributed by atoms with Crippen LogP contribution in [0, 0.1) is 5.92 Å². The summed E-state index contributed by atoms with van der Waals surface area (Å²) in [6.07, 6.45) is 7.90. The number of esters is 1. The fourth-order valence-electron chi connectivity index (χ4n) is 4.93. The summed E-state index contributed by atoms with van der Waals surface area (Å²) in [5.41, 5.74) is 3.73. The summed E-state index contributed by atoms with van der Waals surface area (Å²) in [4.78, 5) is 22.1. The molecule has 1 saturated carbocycles. The number of hydrogen-bond acceptors (Lipinski definition) is 7. The summed E-state index contributed by atoms with van der Waals surface area (Å²) in [5.74, 6) is 0.800. The molecule has 0 radical (unpaired) electrons. The first-order valence-electron chi connectivity index (χ1n) is 13.1. The normalized spacial score (nSPS) is 15.5. The maximum absolute atomic E-state index is 11.9. The van der Waals surface area contributed by atoms with Gasteiger partial charge in [0, 0.05) is 30.5 Å². The number of nitrogens with zero attached hydrogens (tertiary/aromatic N) is 3. The van der Waals surface area contributed by atoms with Crippen molar-refractivity contribution in [3.63, 3.8) is 0 Å². The second kappa shape index (κ2) is 13.2. The van der Waals surface area contributed by atoms with Crippen LogP contribution in [0.3, 0.4) is 0 Å². The molecule has 1 unspecified atom stereocenters.